The van der Waals surface area contributed by atoms with Crippen LogP contribution < -0.4 is 0 Å². The van der Waals surface area contributed by atoms with Gasteiger partial charge in [-0.3, -0.25) is 9.59 Å². The molecule has 0 aromatic carbocycles. The van der Waals surface area contributed by atoms with E-state index in [1.165, 1.54) is 32.1 Å². The molecular weight excluding hydrogens is 288 g/mol. The van der Waals surface area contributed by atoms with E-state index in [1.807, 2.05) is 4.90 Å². The number of carbonyl (C=O) groups excluding carboxylic acids is 2. The summed E-state index contributed by atoms with van der Waals surface area (Å²) in [6, 6.07) is 0.415. The van der Waals surface area contributed by atoms with Gasteiger partial charge in [0.2, 0.25) is 11.8 Å². The summed E-state index contributed by atoms with van der Waals surface area (Å²) in [5.74, 6) is 1.17. The first kappa shape index (κ1) is 16.8. The Morgan fingerprint density at radius 1 is 1.09 bits per heavy atom. The second-order valence-electron chi connectivity index (χ2n) is 7.80. The van der Waals surface area contributed by atoms with Crippen molar-refractivity contribution in [1.82, 2.24) is 9.80 Å². The summed E-state index contributed by atoms with van der Waals surface area (Å²) in [6.07, 6.45) is 11.3. The van der Waals surface area contributed by atoms with Gasteiger partial charge in [-0.05, 0) is 38.0 Å². The van der Waals surface area contributed by atoms with Crippen molar-refractivity contribution in [3.05, 3.63) is 0 Å². The first-order chi connectivity index (χ1) is 11.2. The SMILES string of the molecule is CCC[C@@H]1CCCN(C(=O)[C@H]2CC(=O)N(C3CCCC3)C2)CC1. The maximum absolute atomic E-state index is 12.9. The lowest BCUT2D eigenvalue weighted by Gasteiger charge is -2.26. The Kier molecular flexibility index (Phi) is 5.60. The molecule has 2 amide bonds. The molecule has 0 radical (unpaired) electrons. The van der Waals surface area contributed by atoms with Gasteiger partial charge in [0, 0.05) is 32.1 Å². The Morgan fingerprint density at radius 2 is 1.87 bits per heavy atom. The number of rotatable bonds is 4. The molecule has 3 fully saturated rings. The van der Waals surface area contributed by atoms with Crippen LogP contribution in [0.1, 0.15) is 71.1 Å². The van der Waals surface area contributed by atoms with E-state index < -0.39 is 0 Å². The van der Waals surface area contributed by atoms with Crippen molar-refractivity contribution in [3.8, 4) is 0 Å². The third kappa shape index (κ3) is 3.89. The number of hydrogen-bond donors (Lipinski definition) is 0. The smallest absolute Gasteiger partial charge is 0.227 e. The van der Waals surface area contributed by atoms with E-state index in [1.54, 1.807) is 0 Å². The molecule has 130 valence electrons. The van der Waals surface area contributed by atoms with Crippen LogP contribution in [-0.4, -0.2) is 47.3 Å². The van der Waals surface area contributed by atoms with Gasteiger partial charge in [0.25, 0.3) is 0 Å². The Morgan fingerprint density at radius 3 is 2.61 bits per heavy atom. The zero-order valence-electron chi connectivity index (χ0n) is 14.6. The van der Waals surface area contributed by atoms with Crippen molar-refractivity contribution in [3.63, 3.8) is 0 Å². The lowest BCUT2D eigenvalue weighted by atomic mass is 9.96. The van der Waals surface area contributed by atoms with E-state index in [0.29, 0.717) is 19.0 Å². The molecule has 2 saturated heterocycles. The van der Waals surface area contributed by atoms with Crippen molar-refractivity contribution in [2.75, 3.05) is 19.6 Å². The van der Waals surface area contributed by atoms with Crippen LogP contribution in [0, 0.1) is 11.8 Å². The molecule has 4 nitrogen and oxygen atoms in total. The molecular formula is C19H32N2O2. The van der Waals surface area contributed by atoms with Crippen molar-refractivity contribution in [2.24, 2.45) is 11.8 Å². The van der Waals surface area contributed by atoms with Crippen molar-refractivity contribution in [1.29, 1.82) is 0 Å². The third-order valence-electron chi connectivity index (χ3n) is 6.13. The molecule has 0 unspecified atom stereocenters. The second-order valence-corrected chi connectivity index (χ2v) is 7.80. The molecule has 3 aliphatic rings. The second kappa shape index (κ2) is 7.67. The van der Waals surface area contributed by atoms with Gasteiger partial charge in [-0.1, -0.05) is 32.6 Å². The first-order valence-corrected chi connectivity index (χ1v) is 9.77. The molecule has 0 spiro atoms. The van der Waals surface area contributed by atoms with Gasteiger partial charge in [-0.2, -0.15) is 0 Å². The van der Waals surface area contributed by atoms with Crippen molar-refractivity contribution in [2.45, 2.75) is 77.2 Å². The lowest BCUT2D eigenvalue weighted by molar-refractivity contribution is -0.135. The van der Waals surface area contributed by atoms with E-state index in [2.05, 4.69) is 11.8 Å². The Hall–Kier alpha value is -1.06. The molecule has 1 aliphatic carbocycles. The monoisotopic (exact) mass is 320 g/mol. The fraction of sp³-hybridized carbons (Fsp3) is 0.895. The van der Waals surface area contributed by atoms with Crippen LogP contribution in [0.2, 0.25) is 0 Å². The minimum atomic E-state index is -0.0779. The Bertz CT molecular complexity index is 431. The van der Waals surface area contributed by atoms with E-state index in [-0.39, 0.29) is 17.7 Å². The minimum Gasteiger partial charge on any atom is -0.342 e. The summed E-state index contributed by atoms with van der Waals surface area (Å²) < 4.78 is 0. The highest BCUT2D eigenvalue weighted by Gasteiger charge is 2.40. The summed E-state index contributed by atoms with van der Waals surface area (Å²) in [7, 11) is 0. The van der Waals surface area contributed by atoms with E-state index in [9.17, 15) is 9.59 Å². The zero-order chi connectivity index (χ0) is 16.2. The molecule has 2 atom stereocenters. The van der Waals surface area contributed by atoms with Gasteiger partial charge in [0.05, 0.1) is 5.92 Å². The maximum Gasteiger partial charge on any atom is 0.227 e. The summed E-state index contributed by atoms with van der Waals surface area (Å²) >= 11 is 0. The van der Waals surface area contributed by atoms with E-state index in [0.717, 1.165) is 44.7 Å². The predicted octanol–water partition coefficient (Wildman–Crippen LogP) is 3.21. The molecule has 0 aromatic heterocycles. The van der Waals surface area contributed by atoms with Gasteiger partial charge < -0.3 is 9.80 Å². The lowest BCUT2D eigenvalue weighted by Crippen LogP contribution is -2.39. The van der Waals surface area contributed by atoms with Gasteiger partial charge in [-0.25, -0.2) is 0 Å². The summed E-state index contributed by atoms with van der Waals surface area (Å²) in [6.45, 7) is 4.72. The minimum absolute atomic E-state index is 0.0779. The standard InChI is InChI=1S/C19H32N2O2/c1-2-6-15-7-5-11-20(12-10-15)19(23)16-13-18(22)21(14-16)17-8-3-4-9-17/h15-17H,2-14H2,1H3/t15-,16+/m1/s1. The van der Waals surface area contributed by atoms with Crippen molar-refractivity contribution >= 4 is 11.8 Å². The van der Waals surface area contributed by atoms with Gasteiger partial charge in [0.1, 0.15) is 0 Å². The molecule has 0 N–H and O–H groups in total. The fourth-order valence-electron chi connectivity index (χ4n) is 4.81. The molecule has 4 heteroatoms. The predicted molar refractivity (Wildman–Crippen MR) is 90.9 cm³/mol. The molecule has 0 bridgehead atoms. The number of hydrogen-bond acceptors (Lipinski definition) is 2. The summed E-state index contributed by atoms with van der Waals surface area (Å²) in [5.41, 5.74) is 0. The van der Waals surface area contributed by atoms with Gasteiger partial charge in [0.15, 0.2) is 0 Å². The number of likely N-dealkylation sites (tertiary alicyclic amines) is 2. The normalized spacial score (nSPS) is 30.0. The molecule has 1 saturated carbocycles. The highest BCUT2D eigenvalue weighted by atomic mass is 16.2. The summed E-state index contributed by atoms with van der Waals surface area (Å²) in [4.78, 5) is 29.3. The quantitative estimate of drug-likeness (QED) is 0.798. The number of nitrogens with zero attached hydrogens (tertiary/aromatic N) is 2. The fourth-order valence-corrected chi connectivity index (χ4v) is 4.81. The summed E-state index contributed by atoms with van der Waals surface area (Å²) in [5, 5.41) is 0. The van der Waals surface area contributed by atoms with Crippen LogP contribution in [0.25, 0.3) is 0 Å². The topological polar surface area (TPSA) is 40.6 Å². The number of carbonyl (C=O) groups is 2. The molecule has 3 rings (SSSR count). The van der Waals surface area contributed by atoms with Crippen LogP contribution in [0.15, 0.2) is 0 Å². The van der Waals surface area contributed by atoms with Gasteiger partial charge >= 0.3 is 0 Å². The average molecular weight is 320 g/mol. The highest BCUT2D eigenvalue weighted by molar-refractivity contribution is 5.89. The number of amides is 2. The molecule has 2 heterocycles. The first-order valence-electron chi connectivity index (χ1n) is 9.77. The Balaban J connectivity index is 1.54. The van der Waals surface area contributed by atoms with Gasteiger partial charge in [-0.15, -0.1) is 0 Å². The largest absolute Gasteiger partial charge is 0.342 e. The van der Waals surface area contributed by atoms with Crippen LogP contribution in [0.3, 0.4) is 0 Å². The third-order valence-corrected chi connectivity index (χ3v) is 6.13. The van der Waals surface area contributed by atoms with Crippen LogP contribution >= 0.6 is 0 Å². The molecule has 0 aromatic rings. The van der Waals surface area contributed by atoms with Crippen LogP contribution in [0.4, 0.5) is 0 Å². The van der Waals surface area contributed by atoms with E-state index >= 15 is 0 Å². The van der Waals surface area contributed by atoms with Crippen LogP contribution in [-0.2, 0) is 9.59 Å². The highest BCUT2D eigenvalue weighted by Crippen LogP contribution is 2.31. The van der Waals surface area contributed by atoms with E-state index in [4.69, 9.17) is 0 Å². The Labute approximate surface area is 140 Å². The average Bonchev–Trinajstić information content (AvgIpc) is 3.13. The van der Waals surface area contributed by atoms with Crippen LogP contribution in [0.5, 0.6) is 0 Å². The molecule has 2 aliphatic heterocycles. The zero-order valence-corrected chi connectivity index (χ0v) is 14.6. The molecule has 23 heavy (non-hydrogen) atoms. The maximum atomic E-state index is 12.9. The van der Waals surface area contributed by atoms with Crippen molar-refractivity contribution < 1.29 is 9.59 Å².